The van der Waals surface area contributed by atoms with Gasteiger partial charge in [0.15, 0.2) is 5.16 Å². The van der Waals surface area contributed by atoms with Crippen LogP contribution in [-0.2, 0) is 17.0 Å². The first kappa shape index (κ1) is 22.1. The second-order valence-corrected chi connectivity index (χ2v) is 10.1. The second-order valence-electron chi connectivity index (χ2n) is 9.15. The van der Waals surface area contributed by atoms with Crippen LogP contribution in [0.2, 0.25) is 0 Å². The summed E-state index contributed by atoms with van der Waals surface area (Å²) < 4.78 is 0. The zero-order chi connectivity index (χ0) is 21.7. The third kappa shape index (κ3) is 5.59. The van der Waals surface area contributed by atoms with E-state index in [-0.39, 0.29) is 11.5 Å². The topological polar surface area (TPSA) is 66.1 Å². The van der Waals surface area contributed by atoms with E-state index in [1.54, 1.807) is 0 Å². The minimum Gasteiger partial charge on any atom is -0.343 e. The number of aromatic nitrogens is 2. The van der Waals surface area contributed by atoms with Crippen molar-refractivity contribution in [2.45, 2.75) is 75.6 Å². The minimum atomic E-state index is -0.115. The number of hydrogen-bond donors (Lipinski definition) is 1. The number of piperidine rings is 1. The normalized spacial score (nSPS) is 18.3. The number of rotatable bonds is 6. The number of likely N-dealkylation sites (tertiary alicyclic amines) is 1. The molecule has 1 saturated carbocycles. The van der Waals surface area contributed by atoms with E-state index in [0.29, 0.717) is 29.0 Å². The highest BCUT2D eigenvalue weighted by molar-refractivity contribution is 7.98. The third-order valence-electron chi connectivity index (χ3n) is 7.10. The van der Waals surface area contributed by atoms with Crippen LogP contribution in [0.4, 0.5) is 0 Å². The molecule has 2 aromatic rings. The first-order chi connectivity index (χ1) is 15.0. The summed E-state index contributed by atoms with van der Waals surface area (Å²) >= 11 is 1.53. The molecule has 2 aliphatic rings. The zero-order valence-corrected chi connectivity index (χ0v) is 19.3. The number of hydrogen-bond acceptors (Lipinski definition) is 4. The molecule has 1 amide bonds. The molecule has 1 aliphatic carbocycles. The average Bonchev–Trinajstić information content (AvgIpc) is 2.79. The Balaban J connectivity index is 1.30. The number of aromatic amines is 1. The molecule has 0 radical (unpaired) electrons. The lowest BCUT2D eigenvalue weighted by molar-refractivity contribution is -0.133. The minimum absolute atomic E-state index is 0.115. The summed E-state index contributed by atoms with van der Waals surface area (Å²) in [6, 6.07) is 10.1. The molecule has 1 aromatic carbocycles. The standard InChI is InChI=1S/C25H33N3O2S/c1-19-21(23(30)27-24(26-19)31-18-20-8-4-2-5-9-20)10-11-22(29)28-16-14-25(15-17-28)12-6-3-7-13-25/h2,4-5,8-9H,3,6-7,10-18H2,1H3,(H,26,27,30). The Bertz CT molecular complexity index is 941. The molecule has 1 N–H and O–H groups in total. The Hall–Kier alpha value is -2.08. The van der Waals surface area contributed by atoms with Gasteiger partial charge in [0.1, 0.15) is 0 Å². The van der Waals surface area contributed by atoms with Gasteiger partial charge in [-0.15, -0.1) is 0 Å². The summed E-state index contributed by atoms with van der Waals surface area (Å²) in [7, 11) is 0. The number of nitrogens with one attached hydrogen (secondary N) is 1. The SMILES string of the molecule is Cc1nc(SCc2ccccc2)[nH]c(=O)c1CCC(=O)N1CCC2(CCCCC2)CC1. The van der Waals surface area contributed by atoms with E-state index in [1.165, 1.54) is 49.4 Å². The van der Waals surface area contributed by atoms with E-state index in [2.05, 4.69) is 22.1 Å². The van der Waals surface area contributed by atoms with Crippen molar-refractivity contribution in [1.82, 2.24) is 14.9 Å². The number of carbonyl (C=O) groups is 1. The van der Waals surface area contributed by atoms with Crippen LogP contribution in [0.1, 0.15) is 68.2 Å². The maximum atomic E-state index is 12.8. The molecule has 2 fully saturated rings. The van der Waals surface area contributed by atoms with E-state index in [0.717, 1.165) is 37.4 Å². The van der Waals surface area contributed by atoms with Crippen molar-refractivity contribution in [3.8, 4) is 0 Å². The Morgan fingerprint density at radius 2 is 1.81 bits per heavy atom. The number of nitrogens with zero attached hydrogens (tertiary/aromatic N) is 2. The van der Waals surface area contributed by atoms with Gasteiger partial charge >= 0.3 is 0 Å². The van der Waals surface area contributed by atoms with E-state index < -0.39 is 0 Å². The quantitative estimate of drug-likeness (QED) is 0.515. The van der Waals surface area contributed by atoms with Gasteiger partial charge in [-0.1, -0.05) is 61.4 Å². The molecule has 1 spiro atoms. The average molecular weight is 440 g/mol. The molecule has 0 atom stereocenters. The van der Waals surface area contributed by atoms with E-state index >= 15 is 0 Å². The van der Waals surface area contributed by atoms with Gasteiger partial charge in [0.2, 0.25) is 5.91 Å². The van der Waals surface area contributed by atoms with Crippen LogP contribution in [0.25, 0.3) is 0 Å². The number of aryl methyl sites for hydroxylation is 1. The molecule has 0 unspecified atom stereocenters. The van der Waals surface area contributed by atoms with E-state index in [1.807, 2.05) is 30.0 Å². The molecule has 1 saturated heterocycles. The predicted molar refractivity (Wildman–Crippen MR) is 125 cm³/mol. The molecule has 166 valence electrons. The van der Waals surface area contributed by atoms with Crippen LogP contribution in [0.5, 0.6) is 0 Å². The Morgan fingerprint density at radius 3 is 2.48 bits per heavy atom. The fourth-order valence-electron chi connectivity index (χ4n) is 5.10. The number of carbonyl (C=O) groups excluding carboxylic acids is 1. The Morgan fingerprint density at radius 1 is 1.10 bits per heavy atom. The lowest BCUT2D eigenvalue weighted by atomic mass is 9.68. The first-order valence-corrected chi connectivity index (χ1v) is 12.6. The molecule has 4 rings (SSSR count). The second kappa shape index (κ2) is 10.0. The number of benzene rings is 1. The molecular weight excluding hydrogens is 406 g/mol. The molecule has 1 aromatic heterocycles. The number of thioether (sulfide) groups is 1. The highest BCUT2D eigenvalue weighted by Crippen LogP contribution is 2.44. The van der Waals surface area contributed by atoms with Gasteiger partial charge in [0.05, 0.1) is 0 Å². The smallest absolute Gasteiger partial charge is 0.254 e. The maximum absolute atomic E-state index is 12.8. The Kier molecular flexibility index (Phi) is 7.16. The van der Waals surface area contributed by atoms with Crippen LogP contribution in [0, 0.1) is 12.3 Å². The van der Waals surface area contributed by atoms with Crippen molar-refractivity contribution in [3.63, 3.8) is 0 Å². The third-order valence-corrected chi connectivity index (χ3v) is 8.04. The van der Waals surface area contributed by atoms with Crippen molar-refractivity contribution in [2.24, 2.45) is 5.41 Å². The molecule has 6 heteroatoms. The van der Waals surface area contributed by atoms with Gasteiger partial charge in [-0.05, 0) is 50.0 Å². The summed E-state index contributed by atoms with van der Waals surface area (Å²) in [6.45, 7) is 3.62. The zero-order valence-electron chi connectivity index (χ0n) is 18.5. The fraction of sp³-hybridized carbons (Fsp3) is 0.560. The first-order valence-electron chi connectivity index (χ1n) is 11.6. The van der Waals surface area contributed by atoms with E-state index in [9.17, 15) is 9.59 Å². The monoisotopic (exact) mass is 439 g/mol. The van der Waals surface area contributed by atoms with Crippen LogP contribution in [0.15, 0.2) is 40.3 Å². The van der Waals surface area contributed by atoms with Crippen molar-refractivity contribution in [3.05, 3.63) is 57.5 Å². The molecular formula is C25H33N3O2S. The number of H-pyrrole nitrogens is 1. The van der Waals surface area contributed by atoms with Crippen molar-refractivity contribution < 1.29 is 4.79 Å². The fourth-order valence-corrected chi connectivity index (χ4v) is 5.96. The molecule has 31 heavy (non-hydrogen) atoms. The van der Waals surface area contributed by atoms with Crippen molar-refractivity contribution >= 4 is 17.7 Å². The summed E-state index contributed by atoms with van der Waals surface area (Å²) in [6.07, 6.45) is 9.88. The van der Waals surface area contributed by atoms with Crippen LogP contribution in [0.3, 0.4) is 0 Å². The molecule has 1 aliphatic heterocycles. The van der Waals surface area contributed by atoms with Crippen LogP contribution < -0.4 is 5.56 Å². The van der Waals surface area contributed by atoms with Gasteiger partial charge < -0.3 is 9.88 Å². The summed E-state index contributed by atoms with van der Waals surface area (Å²) in [4.78, 5) is 34.9. The highest BCUT2D eigenvalue weighted by Gasteiger charge is 2.36. The molecule has 5 nitrogen and oxygen atoms in total. The van der Waals surface area contributed by atoms with Crippen molar-refractivity contribution in [2.75, 3.05) is 13.1 Å². The van der Waals surface area contributed by atoms with Crippen molar-refractivity contribution in [1.29, 1.82) is 0 Å². The molecule has 0 bridgehead atoms. The summed E-state index contributed by atoms with van der Waals surface area (Å²) in [5.41, 5.74) is 2.94. The van der Waals surface area contributed by atoms with Gasteiger partial charge in [0, 0.05) is 36.5 Å². The lowest BCUT2D eigenvalue weighted by Gasteiger charge is -2.44. The van der Waals surface area contributed by atoms with Crippen LogP contribution >= 0.6 is 11.8 Å². The van der Waals surface area contributed by atoms with Gasteiger partial charge in [-0.3, -0.25) is 9.59 Å². The van der Waals surface area contributed by atoms with E-state index in [4.69, 9.17) is 0 Å². The van der Waals surface area contributed by atoms with Gasteiger partial charge in [0.25, 0.3) is 5.56 Å². The van der Waals surface area contributed by atoms with Gasteiger partial charge in [-0.25, -0.2) is 4.98 Å². The van der Waals surface area contributed by atoms with Crippen LogP contribution in [-0.4, -0.2) is 33.9 Å². The number of amides is 1. The lowest BCUT2D eigenvalue weighted by Crippen LogP contribution is -2.44. The maximum Gasteiger partial charge on any atom is 0.254 e. The Labute approximate surface area is 189 Å². The highest BCUT2D eigenvalue weighted by atomic mass is 32.2. The summed E-state index contributed by atoms with van der Waals surface area (Å²) in [5.74, 6) is 0.935. The predicted octanol–water partition coefficient (Wildman–Crippen LogP) is 4.88. The largest absolute Gasteiger partial charge is 0.343 e. The molecule has 2 heterocycles. The summed E-state index contributed by atoms with van der Waals surface area (Å²) in [5, 5.41) is 0.634. The van der Waals surface area contributed by atoms with Gasteiger partial charge in [-0.2, -0.15) is 0 Å².